The first kappa shape index (κ1) is 10.8. The van der Waals surface area contributed by atoms with Crippen LogP contribution in [0, 0.1) is 11.3 Å². The average Bonchev–Trinajstić information content (AvgIpc) is 1.93. The number of halogens is 1. The minimum Gasteiger partial charge on any atom is -0.461 e. The molecule has 0 aromatic rings. The third-order valence-electron chi connectivity index (χ3n) is 2.65. The van der Waals surface area contributed by atoms with Crippen molar-refractivity contribution in [2.24, 2.45) is 11.3 Å². The molecule has 1 saturated carbocycles. The van der Waals surface area contributed by atoms with Gasteiger partial charge >= 0.3 is 5.97 Å². The maximum Gasteiger partial charge on any atom is 0.302 e. The zero-order chi connectivity index (χ0) is 10.2. The molecule has 2 nitrogen and oxygen atoms in total. The molecule has 13 heavy (non-hydrogen) atoms. The topological polar surface area (TPSA) is 26.3 Å². The highest BCUT2D eigenvalue weighted by Crippen LogP contribution is 2.45. The van der Waals surface area contributed by atoms with Gasteiger partial charge in [-0.2, -0.15) is 0 Å². The molecule has 0 radical (unpaired) electrons. The first-order valence-electron chi connectivity index (χ1n) is 4.63. The Hall–Kier alpha value is -0.240. The molecule has 0 heterocycles. The summed E-state index contributed by atoms with van der Waals surface area (Å²) >= 11 is 5.98. The molecule has 1 aliphatic carbocycles. The van der Waals surface area contributed by atoms with Crippen molar-refractivity contribution < 1.29 is 9.53 Å². The molecule has 0 N–H and O–H groups in total. The highest BCUT2D eigenvalue weighted by atomic mass is 35.5. The number of hydrogen-bond acceptors (Lipinski definition) is 2. The molecule has 3 heteroatoms. The lowest BCUT2D eigenvalue weighted by Crippen LogP contribution is -2.51. The molecular weight excluding hydrogens is 188 g/mol. The van der Waals surface area contributed by atoms with E-state index in [-0.39, 0.29) is 22.9 Å². The van der Waals surface area contributed by atoms with Crippen LogP contribution in [0.25, 0.3) is 0 Å². The SMILES string of the molecule is CC(=O)OC1C(Cl)CC1C(C)(C)C. The Labute approximate surface area is 84.6 Å². The Kier molecular flexibility index (Phi) is 2.91. The van der Waals surface area contributed by atoms with Gasteiger partial charge in [0.05, 0.1) is 5.38 Å². The second-order valence-corrected chi connectivity index (χ2v) is 5.36. The number of hydrogen-bond donors (Lipinski definition) is 0. The number of carbonyl (C=O) groups excluding carboxylic acids is 1. The monoisotopic (exact) mass is 204 g/mol. The van der Waals surface area contributed by atoms with E-state index in [9.17, 15) is 4.79 Å². The predicted octanol–water partition coefficient (Wildman–Crippen LogP) is 2.59. The van der Waals surface area contributed by atoms with E-state index in [0.717, 1.165) is 6.42 Å². The highest BCUT2D eigenvalue weighted by molar-refractivity contribution is 6.21. The van der Waals surface area contributed by atoms with Crippen molar-refractivity contribution in [3.63, 3.8) is 0 Å². The standard InChI is InChI=1S/C10H17ClO2/c1-6(12)13-9-7(5-8(9)11)10(2,3)4/h7-9H,5H2,1-4H3. The molecule has 3 atom stereocenters. The van der Waals surface area contributed by atoms with Crippen molar-refractivity contribution in [3.8, 4) is 0 Å². The highest BCUT2D eigenvalue weighted by Gasteiger charge is 2.48. The van der Waals surface area contributed by atoms with Crippen LogP contribution in [0.2, 0.25) is 0 Å². The fourth-order valence-corrected chi connectivity index (χ4v) is 2.18. The van der Waals surface area contributed by atoms with Crippen molar-refractivity contribution in [2.45, 2.75) is 45.6 Å². The lowest BCUT2D eigenvalue weighted by molar-refractivity contribution is -0.159. The smallest absolute Gasteiger partial charge is 0.302 e. The summed E-state index contributed by atoms with van der Waals surface area (Å²) in [6, 6.07) is 0. The summed E-state index contributed by atoms with van der Waals surface area (Å²) in [5.41, 5.74) is 0.172. The fraction of sp³-hybridized carbons (Fsp3) is 0.900. The molecule has 0 aliphatic heterocycles. The molecule has 1 aliphatic rings. The van der Waals surface area contributed by atoms with Crippen LogP contribution in [0.15, 0.2) is 0 Å². The summed E-state index contributed by atoms with van der Waals surface area (Å²) in [5, 5.41) is 0.00752. The Morgan fingerprint density at radius 2 is 2.00 bits per heavy atom. The van der Waals surface area contributed by atoms with E-state index in [0.29, 0.717) is 5.92 Å². The van der Waals surface area contributed by atoms with Gasteiger partial charge in [-0.3, -0.25) is 4.79 Å². The van der Waals surface area contributed by atoms with Crippen LogP contribution < -0.4 is 0 Å². The molecule has 1 fully saturated rings. The molecular formula is C10H17ClO2. The molecule has 0 bridgehead atoms. The number of esters is 1. The molecule has 0 saturated heterocycles. The van der Waals surface area contributed by atoms with Crippen molar-refractivity contribution in [2.75, 3.05) is 0 Å². The zero-order valence-corrected chi connectivity index (χ0v) is 9.39. The second kappa shape index (κ2) is 3.49. The largest absolute Gasteiger partial charge is 0.461 e. The zero-order valence-electron chi connectivity index (χ0n) is 8.63. The summed E-state index contributed by atoms with van der Waals surface area (Å²) in [5.74, 6) is 0.170. The van der Waals surface area contributed by atoms with Gasteiger partial charge in [0.25, 0.3) is 0 Å². The van der Waals surface area contributed by atoms with E-state index in [1.807, 2.05) is 0 Å². The van der Waals surface area contributed by atoms with Crippen LogP contribution in [0.1, 0.15) is 34.1 Å². The normalized spacial score (nSPS) is 33.8. The van der Waals surface area contributed by atoms with Crippen LogP contribution in [0.5, 0.6) is 0 Å². The van der Waals surface area contributed by atoms with Gasteiger partial charge in [0, 0.05) is 12.8 Å². The number of ether oxygens (including phenoxy) is 1. The van der Waals surface area contributed by atoms with E-state index in [1.165, 1.54) is 6.92 Å². The summed E-state index contributed by atoms with van der Waals surface area (Å²) in [7, 11) is 0. The van der Waals surface area contributed by atoms with E-state index < -0.39 is 0 Å². The van der Waals surface area contributed by atoms with Crippen LogP contribution in [0.3, 0.4) is 0 Å². The fourth-order valence-electron chi connectivity index (χ4n) is 1.76. The van der Waals surface area contributed by atoms with Gasteiger partial charge in [-0.1, -0.05) is 20.8 Å². The maximum absolute atomic E-state index is 10.8. The maximum atomic E-state index is 10.8. The minimum atomic E-state index is -0.232. The minimum absolute atomic E-state index is 0.00752. The van der Waals surface area contributed by atoms with Gasteiger partial charge in [-0.15, -0.1) is 11.6 Å². The van der Waals surface area contributed by atoms with E-state index in [2.05, 4.69) is 20.8 Å². The van der Waals surface area contributed by atoms with Crippen molar-refractivity contribution >= 4 is 17.6 Å². The Morgan fingerprint density at radius 3 is 2.31 bits per heavy atom. The number of alkyl halides is 1. The predicted molar refractivity (Wildman–Crippen MR) is 52.8 cm³/mol. The summed E-state index contributed by atoms with van der Waals surface area (Å²) in [4.78, 5) is 10.8. The van der Waals surface area contributed by atoms with Gasteiger partial charge in [-0.05, 0) is 11.8 Å². The molecule has 0 aromatic carbocycles. The Bertz CT molecular complexity index is 207. The second-order valence-electron chi connectivity index (χ2n) is 4.80. The van der Waals surface area contributed by atoms with E-state index in [1.54, 1.807) is 0 Å². The van der Waals surface area contributed by atoms with Crippen molar-refractivity contribution in [1.29, 1.82) is 0 Å². The Morgan fingerprint density at radius 1 is 1.46 bits per heavy atom. The van der Waals surface area contributed by atoms with Crippen LogP contribution in [0.4, 0.5) is 0 Å². The molecule has 0 spiro atoms. The summed E-state index contributed by atoms with van der Waals surface area (Å²) < 4.78 is 5.17. The molecule has 76 valence electrons. The first-order valence-corrected chi connectivity index (χ1v) is 5.07. The lowest BCUT2D eigenvalue weighted by Gasteiger charge is -2.47. The number of rotatable bonds is 1. The Balaban J connectivity index is 2.56. The van der Waals surface area contributed by atoms with Crippen molar-refractivity contribution in [1.82, 2.24) is 0 Å². The van der Waals surface area contributed by atoms with Gasteiger partial charge in [-0.25, -0.2) is 0 Å². The summed E-state index contributed by atoms with van der Waals surface area (Å²) in [6.45, 7) is 7.88. The van der Waals surface area contributed by atoms with E-state index >= 15 is 0 Å². The third kappa shape index (κ3) is 2.37. The lowest BCUT2D eigenvalue weighted by atomic mass is 9.66. The molecule has 1 rings (SSSR count). The van der Waals surface area contributed by atoms with Crippen molar-refractivity contribution in [3.05, 3.63) is 0 Å². The first-order chi connectivity index (χ1) is 5.82. The van der Waals surface area contributed by atoms with E-state index in [4.69, 9.17) is 16.3 Å². The van der Waals surface area contributed by atoms with Crippen LogP contribution in [-0.2, 0) is 9.53 Å². The molecule has 3 unspecified atom stereocenters. The van der Waals surface area contributed by atoms with Gasteiger partial charge in [0.1, 0.15) is 6.10 Å². The quantitative estimate of drug-likeness (QED) is 0.485. The van der Waals surface area contributed by atoms with Crippen LogP contribution in [-0.4, -0.2) is 17.5 Å². The average molecular weight is 205 g/mol. The summed E-state index contributed by atoms with van der Waals surface area (Å²) in [6.07, 6.45) is 0.863. The molecule has 0 amide bonds. The van der Waals surface area contributed by atoms with Crippen LogP contribution >= 0.6 is 11.6 Å². The third-order valence-corrected chi connectivity index (χ3v) is 3.07. The molecule has 0 aromatic heterocycles. The van der Waals surface area contributed by atoms with Gasteiger partial charge in [0.15, 0.2) is 0 Å². The van der Waals surface area contributed by atoms with Gasteiger partial charge < -0.3 is 4.74 Å². The van der Waals surface area contributed by atoms with Gasteiger partial charge in [0.2, 0.25) is 0 Å². The number of carbonyl (C=O) groups is 1.